The van der Waals surface area contributed by atoms with E-state index in [1.807, 2.05) is 31.2 Å². The number of hydrogen-bond acceptors (Lipinski definition) is 4. The number of benzene rings is 1. The van der Waals surface area contributed by atoms with E-state index in [1.54, 1.807) is 0 Å². The standard InChI is InChI=1S/C10H10N4O2/c1-7-2-4-8(5-3-7)14-9(6-10(15)16)11-12-13-14/h2-5H,6H2,1H3,(H,15,16). The van der Waals surface area contributed by atoms with E-state index in [0.29, 0.717) is 5.82 Å². The first-order chi connectivity index (χ1) is 7.66. The second kappa shape index (κ2) is 4.09. The van der Waals surface area contributed by atoms with Crippen LogP contribution in [0.3, 0.4) is 0 Å². The van der Waals surface area contributed by atoms with Crippen LogP contribution in [0.4, 0.5) is 0 Å². The van der Waals surface area contributed by atoms with Gasteiger partial charge in [-0.15, -0.1) is 5.10 Å². The zero-order valence-corrected chi connectivity index (χ0v) is 8.66. The van der Waals surface area contributed by atoms with Crippen molar-refractivity contribution in [3.63, 3.8) is 0 Å². The molecule has 1 heterocycles. The van der Waals surface area contributed by atoms with E-state index in [4.69, 9.17) is 5.11 Å². The molecule has 0 fully saturated rings. The van der Waals surface area contributed by atoms with Gasteiger partial charge in [-0.05, 0) is 29.5 Å². The monoisotopic (exact) mass is 218 g/mol. The SMILES string of the molecule is Cc1ccc(-n2nnnc2CC(=O)O)cc1. The van der Waals surface area contributed by atoms with Crippen molar-refractivity contribution in [1.82, 2.24) is 20.2 Å². The Balaban J connectivity index is 2.36. The lowest BCUT2D eigenvalue weighted by molar-refractivity contribution is -0.136. The van der Waals surface area contributed by atoms with Crippen molar-refractivity contribution in [3.05, 3.63) is 35.7 Å². The predicted molar refractivity (Wildman–Crippen MR) is 55.2 cm³/mol. The Bertz CT molecular complexity index is 504. The molecule has 0 saturated heterocycles. The van der Waals surface area contributed by atoms with Crippen LogP contribution in [0.15, 0.2) is 24.3 Å². The number of aliphatic carboxylic acids is 1. The van der Waals surface area contributed by atoms with Crippen LogP contribution in [0.25, 0.3) is 5.69 Å². The smallest absolute Gasteiger partial charge is 0.311 e. The van der Waals surface area contributed by atoms with Crippen LogP contribution < -0.4 is 0 Å². The van der Waals surface area contributed by atoms with E-state index < -0.39 is 5.97 Å². The van der Waals surface area contributed by atoms with Crippen molar-refractivity contribution < 1.29 is 9.90 Å². The minimum absolute atomic E-state index is 0.194. The second-order valence-electron chi connectivity index (χ2n) is 3.41. The van der Waals surface area contributed by atoms with Gasteiger partial charge in [0.2, 0.25) is 0 Å². The number of carbonyl (C=O) groups is 1. The highest BCUT2D eigenvalue weighted by Crippen LogP contribution is 2.09. The number of aryl methyl sites for hydroxylation is 1. The fraction of sp³-hybridized carbons (Fsp3) is 0.200. The molecule has 0 radical (unpaired) electrons. The quantitative estimate of drug-likeness (QED) is 0.815. The molecule has 2 aromatic rings. The lowest BCUT2D eigenvalue weighted by Gasteiger charge is -2.02. The van der Waals surface area contributed by atoms with Crippen molar-refractivity contribution in [3.8, 4) is 5.69 Å². The zero-order valence-electron chi connectivity index (χ0n) is 8.66. The maximum Gasteiger partial charge on any atom is 0.311 e. The summed E-state index contributed by atoms with van der Waals surface area (Å²) in [5.41, 5.74) is 1.88. The maximum atomic E-state index is 10.6. The summed E-state index contributed by atoms with van der Waals surface area (Å²) in [5, 5.41) is 19.6. The van der Waals surface area contributed by atoms with Gasteiger partial charge in [0.15, 0.2) is 5.82 Å². The fourth-order valence-electron chi connectivity index (χ4n) is 1.34. The van der Waals surface area contributed by atoms with Gasteiger partial charge in [-0.2, -0.15) is 4.68 Å². The molecule has 0 bridgehead atoms. The molecule has 82 valence electrons. The van der Waals surface area contributed by atoms with Gasteiger partial charge in [0.05, 0.1) is 5.69 Å². The van der Waals surface area contributed by atoms with Crippen LogP contribution in [0, 0.1) is 6.92 Å². The average Bonchev–Trinajstić information content (AvgIpc) is 2.66. The summed E-state index contributed by atoms with van der Waals surface area (Å²) >= 11 is 0. The first-order valence-electron chi connectivity index (χ1n) is 4.73. The Morgan fingerprint density at radius 2 is 2.06 bits per heavy atom. The molecule has 6 heteroatoms. The van der Waals surface area contributed by atoms with Gasteiger partial charge < -0.3 is 5.11 Å². The van der Waals surface area contributed by atoms with Crippen LogP contribution in [-0.2, 0) is 11.2 Å². The normalized spacial score (nSPS) is 10.3. The van der Waals surface area contributed by atoms with Gasteiger partial charge in [0.1, 0.15) is 6.42 Å². The van der Waals surface area contributed by atoms with Crippen molar-refractivity contribution >= 4 is 5.97 Å². The minimum Gasteiger partial charge on any atom is -0.481 e. The topological polar surface area (TPSA) is 80.9 Å². The number of tetrazole rings is 1. The molecule has 0 aliphatic rings. The number of nitrogens with zero attached hydrogens (tertiary/aromatic N) is 4. The van der Waals surface area contributed by atoms with Crippen LogP contribution in [0.2, 0.25) is 0 Å². The molecule has 0 aliphatic heterocycles. The van der Waals surface area contributed by atoms with E-state index in [2.05, 4.69) is 15.5 Å². The van der Waals surface area contributed by atoms with Crippen molar-refractivity contribution in [2.24, 2.45) is 0 Å². The van der Waals surface area contributed by atoms with E-state index in [-0.39, 0.29) is 6.42 Å². The van der Waals surface area contributed by atoms with E-state index in [0.717, 1.165) is 11.3 Å². The van der Waals surface area contributed by atoms with Gasteiger partial charge in [-0.1, -0.05) is 17.7 Å². The summed E-state index contributed by atoms with van der Waals surface area (Å²) in [5.74, 6) is -0.639. The van der Waals surface area contributed by atoms with E-state index in [1.165, 1.54) is 4.68 Å². The minimum atomic E-state index is -0.955. The third-order valence-corrected chi connectivity index (χ3v) is 2.12. The molecule has 6 nitrogen and oxygen atoms in total. The number of carboxylic acids is 1. The Hall–Kier alpha value is -2.24. The van der Waals surface area contributed by atoms with Crippen LogP contribution in [0.5, 0.6) is 0 Å². The molecule has 0 spiro atoms. The lowest BCUT2D eigenvalue weighted by atomic mass is 10.2. The van der Waals surface area contributed by atoms with Crippen molar-refractivity contribution in [2.75, 3.05) is 0 Å². The van der Waals surface area contributed by atoms with Gasteiger partial charge in [-0.3, -0.25) is 4.79 Å². The molecule has 1 aromatic carbocycles. The second-order valence-corrected chi connectivity index (χ2v) is 3.41. The van der Waals surface area contributed by atoms with Crippen molar-refractivity contribution in [1.29, 1.82) is 0 Å². The van der Waals surface area contributed by atoms with Gasteiger partial charge in [0.25, 0.3) is 0 Å². The van der Waals surface area contributed by atoms with Gasteiger partial charge in [-0.25, -0.2) is 0 Å². The maximum absolute atomic E-state index is 10.6. The molecular weight excluding hydrogens is 208 g/mol. The van der Waals surface area contributed by atoms with Crippen LogP contribution in [-0.4, -0.2) is 31.3 Å². The summed E-state index contributed by atoms with van der Waals surface area (Å²) in [6.45, 7) is 1.97. The molecule has 2 rings (SSSR count). The van der Waals surface area contributed by atoms with Crippen LogP contribution >= 0.6 is 0 Å². The fourth-order valence-corrected chi connectivity index (χ4v) is 1.34. The first-order valence-corrected chi connectivity index (χ1v) is 4.73. The molecule has 16 heavy (non-hydrogen) atoms. The molecule has 1 N–H and O–H groups in total. The predicted octanol–water partition coefficient (Wildman–Crippen LogP) is 0.598. The highest BCUT2D eigenvalue weighted by atomic mass is 16.4. The highest BCUT2D eigenvalue weighted by molar-refractivity contribution is 5.69. The third kappa shape index (κ3) is 2.05. The Kier molecular flexibility index (Phi) is 2.63. The zero-order chi connectivity index (χ0) is 11.5. The summed E-state index contributed by atoms with van der Waals surface area (Å²) in [4.78, 5) is 10.6. The number of carboxylic acid groups (broad SMARTS) is 1. The average molecular weight is 218 g/mol. The van der Waals surface area contributed by atoms with Crippen molar-refractivity contribution in [2.45, 2.75) is 13.3 Å². The number of aromatic nitrogens is 4. The summed E-state index contributed by atoms with van der Waals surface area (Å²) in [6.07, 6.45) is -0.194. The largest absolute Gasteiger partial charge is 0.481 e. The molecule has 0 amide bonds. The summed E-state index contributed by atoms with van der Waals surface area (Å²) in [6, 6.07) is 7.53. The molecule has 0 saturated carbocycles. The molecule has 1 aromatic heterocycles. The van der Waals surface area contributed by atoms with E-state index >= 15 is 0 Å². The highest BCUT2D eigenvalue weighted by Gasteiger charge is 2.11. The van der Waals surface area contributed by atoms with Gasteiger partial charge in [0, 0.05) is 0 Å². The number of rotatable bonds is 3. The molecule has 0 atom stereocenters. The third-order valence-electron chi connectivity index (χ3n) is 2.12. The van der Waals surface area contributed by atoms with E-state index in [9.17, 15) is 4.79 Å². The first kappa shape index (κ1) is 10.3. The molecule has 0 unspecified atom stereocenters. The summed E-state index contributed by atoms with van der Waals surface area (Å²) < 4.78 is 1.42. The number of hydrogen-bond donors (Lipinski definition) is 1. The summed E-state index contributed by atoms with van der Waals surface area (Å²) in [7, 11) is 0. The Labute approximate surface area is 91.5 Å². The Morgan fingerprint density at radius 3 is 2.69 bits per heavy atom. The van der Waals surface area contributed by atoms with Crippen LogP contribution in [0.1, 0.15) is 11.4 Å². The lowest BCUT2D eigenvalue weighted by Crippen LogP contribution is -2.09. The molecular formula is C10H10N4O2. The van der Waals surface area contributed by atoms with Gasteiger partial charge >= 0.3 is 5.97 Å². The molecule has 0 aliphatic carbocycles. The Morgan fingerprint density at radius 1 is 1.38 bits per heavy atom.